The Morgan fingerprint density at radius 1 is 1.00 bits per heavy atom. The Labute approximate surface area is 134 Å². The van der Waals surface area contributed by atoms with Crippen LogP contribution in [0.3, 0.4) is 0 Å². The molecule has 1 nitrogen and oxygen atoms in total. The van der Waals surface area contributed by atoms with Crippen LogP contribution in [0.5, 0.6) is 0 Å². The van der Waals surface area contributed by atoms with Gasteiger partial charge in [0.2, 0.25) is 0 Å². The van der Waals surface area contributed by atoms with Crippen molar-refractivity contribution in [2.45, 2.75) is 52.8 Å². The zero-order chi connectivity index (χ0) is 17.6. The average molecular weight is 337 g/mol. The first-order chi connectivity index (χ1) is 10.6. The molecule has 2 atom stereocenters. The van der Waals surface area contributed by atoms with Gasteiger partial charge in [0, 0.05) is 12.6 Å². The second kappa shape index (κ2) is 8.50. The van der Waals surface area contributed by atoms with E-state index in [1.165, 1.54) is 0 Å². The highest BCUT2D eigenvalue weighted by atomic mass is 19.4. The monoisotopic (exact) mass is 337 g/mol. The van der Waals surface area contributed by atoms with Crippen molar-refractivity contribution >= 4 is 5.69 Å². The Balaban J connectivity index is 2.80. The largest absolute Gasteiger partial charge is 0.485 e. The summed E-state index contributed by atoms with van der Waals surface area (Å²) < 4.78 is 66.3. The van der Waals surface area contributed by atoms with Crippen molar-refractivity contribution in [1.82, 2.24) is 0 Å². The minimum atomic E-state index is -4.71. The number of nitrogens with zero attached hydrogens (tertiary/aromatic N) is 1. The van der Waals surface area contributed by atoms with Crippen LogP contribution in [0.15, 0.2) is 18.2 Å². The first-order valence-corrected chi connectivity index (χ1v) is 7.94. The molecule has 6 heteroatoms. The summed E-state index contributed by atoms with van der Waals surface area (Å²) in [5.74, 6) is -1.88. The molecule has 0 saturated carbocycles. The molecule has 0 aliphatic heterocycles. The van der Waals surface area contributed by atoms with E-state index in [-0.39, 0.29) is 17.4 Å². The standard InChI is InChI=1S/C17H24F5N/c1-4-5-12(2)6-7-13(3)11-23(17(20,21)22)16-9-8-14(18)10-15(16)19/h8-10,12-13H,4-7,11H2,1-3H3. The number of hydrogen-bond donors (Lipinski definition) is 0. The number of alkyl halides is 3. The molecule has 0 heterocycles. The molecule has 1 aromatic rings. The number of hydrogen-bond acceptors (Lipinski definition) is 1. The Hall–Kier alpha value is -1.33. The smallest absolute Gasteiger partial charge is 0.281 e. The highest BCUT2D eigenvalue weighted by molar-refractivity contribution is 5.48. The van der Waals surface area contributed by atoms with Crippen molar-refractivity contribution in [3.05, 3.63) is 29.8 Å². The summed E-state index contributed by atoms with van der Waals surface area (Å²) in [5, 5.41) is 0. The summed E-state index contributed by atoms with van der Waals surface area (Å²) in [6.07, 6.45) is -1.14. The number of anilines is 1. The van der Waals surface area contributed by atoms with Crippen LogP contribution in [0.25, 0.3) is 0 Å². The van der Waals surface area contributed by atoms with Gasteiger partial charge in [-0.1, -0.05) is 40.0 Å². The molecule has 0 fully saturated rings. The molecule has 0 aliphatic rings. The maximum Gasteiger partial charge on any atom is 0.485 e. The van der Waals surface area contributed by atoms with Crippen molar-refractivity contribution in [3.63, 3.8) is 0 Å². The molecule has 0 bridgehead atoms. The van der Waals surface area contributed by atoms with E-state index in [2.05, 4.69) is 13.8 Å². The fraction of sp³-hybridized carbons (Fsp3) is 0.647. The quantitative estimate of drug-likeness (QED) is 0.406. The van der Waals surface area contributed by atoms with E-state index in [1.54, 1.807) is 6.92 Å². The topological polar surface area (TPSA) is 3.24 Å². The normalized spacial score (nSPS) is 14.6. The third-order valence-electron chi connectivity index (χ3n) is 3.93. The molecule has 0 radical (unpaired) electrons. The predicted molar refractivity (Wildman–Crippen MR) is 82.2 cm³/mol. The molecule has 0 amide bonds. The average Bonchev–Trinajstić information content (AvgIpc) is 2.42. The summed E-state index contributed by atoms with van der Waals surface area (Å²) in [4.78, 5) is 0.0664. The molecule has 132 valence electrons. The molecule has 23 heavy (non-hydrogen) atoms. The fourth-order valence-corrected chi connectivity index (χ4v) is 2.65. The van der Waals surface area contributed by atoms with Crippen molar-refractivity contribution in [1.29, 1.82) is 0 Å². The lowest BCUT2D eigenvalue weighted by Crippen LogP contribution is -2.41. The lowest BCUT2D eigenvalue weighted by Gasteiger charge is -2.30. The van der Waals surface area contributed by atoms with Gasteiger partial charge in [-0.15, -0.1) is 0 Å². The number of rotatable bonds is 8. The Morgan fingerprint density at radius 2 is 1.61 bits per heavy atom. The third-order valence-corrected chi connectivity index (χ3v) is 3.93. The molecule has 1 aromatic carbocycles. The lowest BCUT2D eigenvalue weighted by atomic mass is 9.94. The van der Waals surface area contributed by atoms with E-state index >= 15 is 0 Å². The van der Waals surface area contributed by atoms with E-state index in [0.29, 0.717) is 18.4 Å². The van der Waals surface area contributed by atoms with E-state index < -0.39 is 23.6 Å². The second-order valence-corrected chi connectivity index (χ2v) is 6.25. The van der Waals surface area contributed by atoms with Gasteiger partial charge in [0.1, 0.15) is 11.6 Å². The molecule has 1 rings (SSSR count). The van der Waals surface area contributed by atoms with Crippen LogP contribution in [-0.4, -0.2) is 12.8 Å². The summed E-state index contributed by atoms with van der Waals surface area (Å²) in [5.41, 5.74) is -0.632. The SMILES string of the molecule is CCCC(C)CCC(C)CN(c1ccc(F)cc1F)C(F)(F)F. The van der Waals surface area contributed by atoms with Gasteiger partial charge < -0.3 is 0 Å². The van der Waals surface area contributed by atoms with Gasteiger partial charge in [-0.05, 0) is 30.4 Å². The Kier molecular flexibility index (Phi) is 7.29. The molecule has 0 aliphatic carbocycles. The minimum Gasteiger partial charge on any atom is -0.281 e. The summed E-state index contributed by atoms with van der Waals surface area (Å²) in [7, 11) is 0. The summed E-state index contributed by atoms with van der Waals surface area (Å²) in [6, 6.07) is 2.15. The highest BCUT2D eigenvalue weighted by Gasteiger charge is 2.39. The van der Waals surface area contributed by atoms with Crippen molar-refractivity contribution in [2.24, 2.45) is 11.8 Å². The van der Waals surface area contributed by atoms with Gasteiger partial charge >= 0.3 is 6.30 Å². The van der Waals surface area contributed by atoms with E-state index in [4.69, 9.17) is 0 Å². The maximum absolute atomic E-state index is 13.7. The van der Waals surface area contributed by atoms with Gasteiger partial charge in [-0.2, -0.15) is 13.2 Å². The summed E-state index contributed by atoms with van der Waals surface area (Å²) in [6.45, 7) is 5.53. The van der Waals surface area contributed by atoms with Crippen molar-refractivity contribution < 1.29 is 22.0 Å². The molecule has 2 unspecified atom stereocenters. The molecule has 0 aromatic heterocycles. The van der Waals surface area contributed by atoms with E-state index in [1.807, 2.05) is 0 Å². The maximum atomic E-state index is 13.7. The molecule has 0 saturated heterocycles. The van der Waals surface area contributed by atoms with Crippen LogP contribution in [0.4, 0.5) is 27.6 Å². The minimum absolute atomic E-state index is 0.0664. The predicted octanol–water partition coefficient (Wildman–Crippen LogP) is 6.14. The van der Waals surface area contributed by atoms with Gasteiger partial charge in [0.25, 0.3) is 0 Å². The van der Waals surface area contributed by atoms with Crippen LogP contribution < -0.4 is 4.90 Å². The summed E-state index contributed by atoms with van der Waals surface area (Å²) >= 11 is 0. The van der Waals surface area contributed by atoms with Crippen LogP contribution in [0.1, 0.15) is 46.5 Å². The van der Waals surface area contributed by atoms with Gasteiger partial charge in [0.15, 0.2) is 0 Å². The third kappa shape index (κ3) is 6.36. The van der Waals surface area contributed by atoms with Gasteiger partial charge in [-0.25, -0.2) is 8.78 Å². The van der Waals surface area contributed by atoms with Crippen LogP contribution in [0.2, 0.25) is 0 Å². The number of benzene rings is 1. The van der Waals surface area contributed by atoms with E-state index in [9.17, 15) is 22.0 Å². The fourth-order valence-electron chi connectivity index (χ4n) is 2.65. The molecular weight excluding hydrogens is 313 g/mol. The first-order valence-electron chi connectivity index (χ1n) is 7.94. The van der Waals surface area contributed by atoms with Gasteiger partial charge in [-0.3, -0.25) is 4.90 Å². The number of halogens is 5. The zero-order valence-corrected chi connectivity index (χ0v) is 13.8. The van der Waals surface area contributed by atoms with Crippen molar-refractivity contribution in [3.8, 4) is 0 Å². The van der Waals surface area contributed by atoms with Crippen LogP contribution in [-0.2, 0) is 0 Å². The first kappa shape index (κ1) is 19.7. The van der Waals surface area contributed by atoms with Crippen LogP contribution >= 0.6 is 0 Å². The highest BCUT2D eigenvalue weighted by Crippen LogP contribution is 2.32. The Morgan fingerprint density at radius 3 is 2.13 bits per heavy atom. The second-order valence-electron chi connectivity index (χ2n) is 6.25. The van der Waals surface area contributed by atoms with Crippen molar-refractivity contribution in [2.75, 3.05) is 11.4 Å². The lowest BCUT2D eigenvalue weighted by molar-refractivity contribution is -0.131. The van der Waals surface area contributed by atoms with Gasteiger partial charge in [0.05, 0.1) is 5.69 Å². The molecule has 0 N–H and O–H groups in total. The van der Waals surface area contributed by atoms with E-state index in [0.717, 1.165) is 31.4 Å². The Bertz CT molecular complexity index is 486. The molecular formula is C17H24F5N. The molecule has 0 spiro atoms. The van der Waals surface area contributed by atoms with Crippen LogP contribution in [0, 0.1) is 23.5 Å². The zero-order valence-electron chi connectivity index (χ0n) is 13.8.